The molecule has 0 bridgehead atoms. The molecule has 8 nitrogen and oxygen atoms in total. The van der Waals surface area contributed by atoms with Gasteiger partial charge in [0.2, 0.25) is 5.88 Å². The number of carbonyl (C=O) groups excluding carboxylic acids is 1. The minimum atomic E-state index is -0.759. The molecule has 3 N–H and O–H groups in total. The maximum Gasteiger partial charge on any atom is 0.306 e. The first-order valence-electron chi connectivity index (χ1n) is 7.94. The third-order valence-electron chi connectivity index (χ3n) is 3.35. The molecule has 0 fully saturated rings. The smallest absolute Gasteiger partial charge is 0.306 e. The Balaban J connectivity index is 2.49. The molecule has 1 aromatic rings. The lowest BCUT2D eigenvalue weighted by molar-refractivity contribution is -0.143. The van der Waals surface area contributed by atoms with Gasteiger partial charge < -0.3 is 25.0 Å². The van der Waals surface area contributed by atoms with Crippen molar-refractivity contribution in [3.8, 4) is 5.88 Å². The summed E-state index contributed by atoms with van der Waals surface area (Å²) in [6.45, 7) is 7.90. The average molecular weight is 361 g/mol. The Kier molecular flexibility index (Phi) is 8.54. The van der Waals surface area contributed by atoms with Crippen LogP contribution in [0, 0.1) is 0 Å². The maximum atomic E-state index is 11.6. The normalized spacial score (nSPS) is 14.2. The van der Waals surface area contributed by atoms with Crippen LogP contribution in [-0.4, -0.2) is 62.9 Å². The molecule has 0 amide bonds. The van der Waals surface area contributed by atoms with Crippen LogP contribution >= 0.6 is 11.7 Å². The van der Waals surface area contributed by atoms with E-state index in [1.165, 1.54) is 0 Å². The van der Waals surface area contributed by atoms with Crippen molar-refractivity contribution in [3.05, 3.63) is 5.69 Å². The van der Waals surface area contributed by atoms with E-state index >= 15 is 0 Å². The molecule has 2 atom stereocenters. The number of hydrogen-bond donors (Lipinski definition) is 3. The van der Waals surface area contributed by atoms with Crippen molar-refractivity contribution in [3.63, 3.8) is 0 Å². The molecule has 0 radical (unpaired) electrons. The van der Waals surface area contributed by atoms with Crippen LogP contribution in [0.5, 0.6) is 5.88 Å². The Labute approximate surface area is 146 Å². The van der Waals surface area contributed by atoms with Gasteiger partial charge in [-0.3, -0.25) is 4.79 Å². The van der Waals surface area contributed by atoms with Gasteiger partial charge in [-0.2, -0.15) is 4.37 Å². The molecule has 2 unspecified atom stereocenters. The number of hydrogen-bond acceptors (Lipinski definition) is 9. The molecule has 0 aliphatic rings. The minimum Gasteiger partial charge on any atom is -0.473 e. The lowest BCUT2D eigenvalue weighted by Crippen LogP contribution is -2.47. The highest BCUT2D eigenvalue weighted by molar-refractivity contribution is 6.99. The summed E-state index contributed by atoms with van der Waals surface area (Å²) in [4.78, 5) is 11.6. The third-order valence-corrected chi connectivity index (χ3v) is 3.88. The Morgan fingerprint density at radius 2 is 2.12 bits per heavy atom. The van der Waals surface area contributed by atoms with Crippen molar-refractivity contribution < 1.29 is 24.5 Å². The van der Waals surface area contributed by atoms with E-state index in [9.17, 15) is 9.90 Å². The van der Waals surface area contributed by atoms with E-state index in [0.29, 0.717) is 18.2 Å². The highest BCUT2D eigenvalue weighted by Gasteiger charge is 2.22. The fourth-order valence-electron chi connectivity index (χ4n) is 1.84. The number of aliphatic hydroxyl groups excluding tert-OH is 2. The first-order valence-corrected chi connectivity index (χ1v) is 8.67. The van der Waals surface area contributed by atoms with Crippen LogP contribution in [0.3, 0.4) is 0 Å². The fraction of sp³-hybridized carbons (Fsp3) is 0.800. The molecular formula is C15H27N3O5S. The van der Waals surface area contributed by atoms with Crippen molar-refractivity contribution in [2.45, 2.75) is 51.7 Å². The first-order chi connectivity index (χ1) is 11.3. The molecule has 0 aliphatic carbocycles. The molecule has 138 valence electrons. The largest absolute Gasteiger partial charge is 0.473 e. The summed E-state index contributed by atoms with van der Waals surface area (Å²) in [6, 6.07) is 0. The molecule has 0 aliphatic heterocycles. The molecule has 0 aromatic carbocycles. The standard InChI is InChI=1S/C15H27N3O5S/c1-5-22-12(21)6-10(2)13-14(18-24-17-13)23-8-11(20)7-16-15(3,4)9-19/h10-11,16,19-20H,5-9H2,1-4H3. The molecule has 9 heteroatoms. The lowest BCUT2D eigenvalue weighted by atomic mass is 10.0. The van der Waals surface area contributed by atoms with Crippen molar-refractivity contribution in [2.24, 2.45) is 0 Å². The second-order valence-electron chi connectivity index (χ2n) is 6.25. The highest BCUT2D eigenvalue weighted by Crippen LogP contribution is 2.27. The van der Waals surface area contributed by atoms with Gasteiger partial charge in [0.25, 0.3) is 0 Å². The Hall–Kier alpha value is -1.29. The number of ether oxygens (including phenoxy) is 2. The molecule has 1 heterocycles. The lowest BCUT2D eigenvalue weighted by Gasteiger charge is -2.25. The van der Waals surface area contributed by atoms with Crippen LogP contribution in [0.2, 0.25) is 0 Å². The summed E-state index contributed by atoms with van der Waals surface area (Å²) < 4.78 is 18.7. The summed E-state index contributed by atoms with van der Waals surface area (Å²) >= 11 is 1.00. The molecule has 1 rings (SSSR count). The van der Waals surface area contributed by atoms with Crippen LogP contribution < -0.4 is 10.1 Å². The van der Waals surface area contributed by atoms with Crippen LogP contribution in [0.25, 0.3) is 0 Å². The third kappa shape index (κ3) is 7.08. The van der Waals surface area contributed by atoms with Crippen molar-refractivity contribution in [1.82, 2.24) is 14.1 Å². The van der Waals surface area contributed by atoms with Crippen LogP contribution in [0.15, 0.2) is 0 Å². The van der Waals surface area contributed by atoms with Gasteiger partial charge in [-0.05, 0) is 20.8 Å². The average Bonchev–Trinajstić information content (AvgIpc) is 3.00. The molecule has 0 saturated heterocycles. The summed E-state index contributed by atoms with van der Waals surface area (Å²) in [5.74, 6) is -0.141. The van der Waals surface area contributed by atoms with Gasteiger partial charge in [-0.1, -0.05) is 6.92 Å². The van der Waals surface area contributed by atoms with Gasteiger partial charge in [0.05, 0.1) is 31.4 Å². The van der Waals surface area contributed by atoms with Gasteiger partial charge in [0, 0.05) is 18.0 Å². The van der Waals surface area contributed by atoms with Gasteiger partial charge in [0.1, 0.15) is 18.4 Å². The van der Waals surface area contributed by atoms with Gasteiger partial charge in [-0.25, -0.2) is 0 Å². The monoisotopic (exact) mass is 361 g/mol. The molecule has 0 spiro atoms. The maximum absolute atomic E-state index is 11.6. The van der Waals surface area contributed by atoms with Crippen LogP contribution in [0.4, 0.5) is 0 Å². The zero-order valence-electron chi connectivity index (χ0n) is 14.6. The van der Waals surface area contributed by atoms with Gasteiger partial charge >= 0.3 is 5.97 Å². The number of nitrogens with one attached hydrogen (secondary N) is 1. The fourth-order valence-corrected chi connectivity index (χ4v) is 2.45. The van der Waals surface area contributed by atoms with E-state index in [0.717, 1.165) is 11.7 Å². The van der Waals surface area contributed by atoms with Crippen LogP contribution in [0.1, 0.15) is 45.7 Å². The minimum absolute atomic E-state index is 0.0356. The summed E-state index contributed by atoms with van der Waals surface area (Å²) in [5, 5.41) is 22.2. The quantitative estimate of drug-likeness (QED) is 0.494. The number of β-amino-alcohol motifs (C(OH)–C–C–N with tert-alkyl or cyclic N) is 1. The zero-order chi connectivity index (χ0) is 18.2. The van der Waals surface area contributed by atoms with E-state index in [2.05, 4.69) is 14.1 Å². The van der Waals surface area contributed by atoms with E-state index < -0.39 is 11.6 Å². The molecule has 1 aromatic heterocycles. The Morgan fingerprint density at radius 1 is 1.42 bits per heavy atom. The predicted octanol–water partition coefficient (Wildman–Crippen LogP) is 0.695. The Morgan fingerprint density at radius 3 is 2.75 bits per heavy atom. The van der Waals surface area contributed by atoms with Gasteiger partial charge in [0.15, 0.2) is 0 Å². The summed E-state index contributed by atoms with van der Waals surface area (Å²) in [7, 11) is 0. The number of esters is 1. The molecule has 0 saturated carbocycles. The molecule has 24 heavy (non-hydrogen) atoms. The highest BCUT2D eigenvalue weighted by atomic mass is 32.1. The second kappa shape index (κ2) is 9.87. The topological polar surface area (TPSA) is 114 Å². The van der Waals surface area contributed by atoms with Crippen molar-refractivity contribution in [2.75, 3.05) is 26.4 Å². The SMILES string of the molecule is CCOC(=O)CC(C)c1nsnc1OCC(O)CNC(C)(C)CO. The zero-order valence-corrected chi connectivity index (χ0v) is 15.4. The number of carbonyl (C=O) groups is 1. The van der Waals surface area contributed by atoms with E-state index in [-0.39, 0.29) is 38.1 Å². The first kappa shape index (κ1) is 20.8. The van der Waals surface area contributed by atoms with Crippen molar-refractivity contribution in [1.29, 1.82) is 0 Å². The van der Waals surface area contributed by atoms with E-state index in [1.807, 2.05) is 20.8 Å². The van der Waals surface area contributed by atoms with Crippen LogP contribution in [-0.2, 0) is 9.53 Å². The number of aromatic nitrogens is 2. The predicted molar refractivity (Wildman–Crippen MR) is 90.2 cm³/mol. The van der Waals surface area contributed by atoms with Gasteiger partial charge in [-0.15, -0.1) is 4.37 Å². The van der Waals surface area contributed by atoms with Crippen molar-refractivity contribution >= 4 is 17.7 Å². The second-order valence-corrected chi connectivity index (χ2v) is 6.78. The summed E-state index contributed by atoms with van der Waals surface area (Å²) in [5.41, 5.74) is 0.117. The van der Waals surface area contributed by atoms with E-state index in [1.54, 1.807) is 6.92 Å². The summed E-state index contributed by atoms with van der Waals surface area (Å²) in [6.07, 6.45) is -0.560. The van der Waals surface area contributed by atoms with E-state index in [4.69, 9.17) is 14.6 Å². The number of aliphatic hydroxyl groups is 2. The molecular weight excluding hydrogens is 334 g/mol. The number of nitrogens with zero attached hydrogens (tertiary/aromatic N) is 2. The number of rotatable bonds is 11. The Bertz CT molecular complexity index is 509.